The second kappa shape index (κ2) is 11.6. The predicted octanol–water partition coefficient (Wildman–Crippen LogP) is 4.37. The first kappa shape index (κ1) is 27.2. The molecular weight excluding hydrogens is 516 g/mol. The smallest absolute Gasteiger partial charge is 0.244 e. The molecule has 1 aliphatic carbocycles. The summed E-state index contributed by atoms with van der Waals surface area (Å²) in [7, 11) is -3.94. The number of carbonyl (C=O) groups excluding carboxylic acids is 2. The molecule has 1 atom stereocenters. The average Bonchev–Trinajstić information content (AvgIpc) is 3.29. The molecule has 35 heavy (non-hydrogen) atoms. The molecule has 0 bridgehead atoms. The highest BCUT2D eigenvalue weighted by Gasteiger charge is 2.32. The fourth-order valence-electron chi connectivity index (χ4n) is 4.06. The fraction of sp³-hybridized carbons (Fsp3) is 0.417. The number of amides is 2. The molecule has 3 rings (SSSR count). The minimum Gasteiger partial charge on any atom is -0.352 e. The van der Waals surface area contributed by atoms with Crippen molar-refractivity contribution >= 4 is 50.7 Å². The first-order valence-corrected chi connectivity index (χ1v) is 13.8. The van der Waals surface area contributed by atoms with Gasteiger partial charge >= 0.3 is 0 Å². The van der Waals surface area contributed by atoms with Gasteiger partial charge in [-0.25, -0.2) is 12.8 Å². The average molecular weight is 544 g/mol. The van der Waals surface area contributed by atoms with Gasteiger partial charge in [0.2, 0.25) is 21.8 Å². The molecule has 2 aromatic carbocycles. The second-order valence-corrected chi connectivity index (χ2v) is 11.4. The highest BCUT2D eigenvalue weighted by Crippen LogP contribution is 2.30. The predicted molar refractivity (Wildman–Crippen MR) is 135 cm³/mol. The molecule has 2 aromatic rings. The van der Waals surface area contributed by atoms with E-state index < -0.39 is 34.3 Å². The number of nitrogens with zero attached hydrogens (tertiary/aromatic N) is 2. The standard InChI is InChI=1S/C24H28Cl2FN3O4S/c1-16(24(32)28-19-8-4-5-9-19)29(14-17-7-3-6-10-21(17)27)23(31)15-30(35(2,33)34)22-12-11-18(25)13-20(22)26/h3,6-7,10-13,16,19H,4-5,8-9,14-15H2,1-2H3,(H,28,32)/t16-/m0/s1. The van der Waals surface area contributed by atoms with E-state index in [2.05, 4.69) is 5.32 Å². The monoisotopic (exact) mass is 543 g/mol. The summed E-state index contributed by atoms with van der Waals surface area (Å²) in [6, 6.07) is 9.21. The van der Waals surface area contributed by atoms with Gasteiger partial charge in [0.05, 0.1) is 17.0 Å². The fourth-order valence-corrected chi connectivity index (χ4v) is 5.49. The summed E-state index contributed by atoms with van der Waals surface area (Å²) in [5, 5.41) is 3.30. The number of anilines is 1. The molecule has 1 N–H and O–H groups in total. The zero-order chi connectivity index (χ0) is 25.8. The molecule has 0 spiro atoms. The Morgan fingerprint density at radius 3 is 2.40 bits per heavy atom. The van der Waals surface area contributed by atoms with Crippen molar-refractivity contribution in [2.24, 2.45) is 0 Å². The van der Waals surface area contributed by atoms with Gasteiger partial charge in [-0.15, -0.1) is 0 Å². The maximum atomic E-state index is 14.4. The molecule has 0 radical (unpaired) electrons. The summed E-state index contributed by atoms with van der Waals surface area (Å²) in [5.41, 5.74) is 0.276. The van der Waals surface area contributed by atoms with Crippen LogP contribution in [0.2, 0.25) is 10.0 Å². The molecule has 1 aliphatic rings. The second-order valence-electron chi connectivity index (χ2n) is 8.64. The Bertz CT molecular complexity index is 1190. The zero-order valence-corrected chi connectivity index (χ0v) is 21.8. The molecule has 0 heterocycles. The van der Waals surface area contributed by atoms with Crippen LogP contribution in [0.4, 0.5) is 10.1 Å². The minimum absolute atomic E-state index is 0.0238. The van der Waals surface area contributed by atoms with E-state index in [-0.39, 0.29) is 34.8 Å². The third-order valence-corrected chi connectivity index (χ3v) is 7.69. The number of hydrogen-bond acceptors (Lipinski definition) is 4. The summed E-state index contributed by atoms with van der Waals surface area (Å²) in [6.45, 7) is 0.704. The summed E-state index contributed by atoms with van der Waals surface area (Å²) in [6.07, 6.45) is 4.70. The van der Waals surface area contributed by atoms with Gasteiger partial charge in [0.15, 0.2) is 0 Å². The minimum atomic E-state index is -3.94. The first-order valence-electron chi connectivity index (χ1n) is 11.2. The third-order valence-electron chi connectivity index (χ3n) is 6.02. The largest absolute Gasteiger partial charge is 0.352 e. The maximum Gasteiger partial charge on any atom is 0.244 e. The number of halogens is 3. The summed E-state index contributed by atoms with van der Waals surface area (Å²) < 4.78 is 40.5. The van der Waals surface area contributed by atoms with E-state index in [9.17, 15) is 22.4 Å². The van der Waals surface area contributed by atoms with Crippen LogP contribution in [0, 0.1) is 5.82 Å². The lowest BCUT2D eigenvalue weighted by molar-refractivity contribution is -0.139. The maximum absolute atomic E-state index is 14.4. The van der Waals surface area contributed by atoms with Gasteiger partial charge < -0.3 is 10.2 Å². The zero-order valence-electron chi connectivity index (χ0n) is 19.5. The van der Waals surface area contributed by atoms with Gasteiger partial charge in [-0.3, -0.25) is 13.9 Å². The summed E-state index contributed by atoms with van der Waals surface area (Å²) in [5.74, 6) is -1.59. The molecule has 0 aromatic heterocycles. The van der Waals surface area contributed by atoms with E-state index in [1.165, 1.54) is 41.3 Å². The van der Waals surface area contributed by atoms with Crippen LogP contribution in [-0.4, -0.2) is 50.0 Å². The van der Waals surface area contributed by atoms with Crippen molar-refractivity contribution < 1.29 is 22.4 Å². The van der Waals surface area contributed by atoms with Crippen molar-refractivity contribution in [2.45, 2.75) is 51.2 Å². The van der Waals surface area contributed by atoms with Crippen LogP contribution in [0.15, 0.2) is 42.5 Å². The number of sulfonamides is 1. The van der Waals surface area contributed by atoms with Crippen molar-refractivity contribution in [2.75, 3.05) is 17.1 Å². The van der Waals surface area contributed by atoms with E-state index in [1.807, 2.05) is 0 Å². The van der Waals surface area contributed by atoms with Gasteiger partial charge in [-0.1, -0.05) is 54.2 Å². The van der Waals surface area contributed by atoms with Gasteiger partial charge in [0, 0.05) is 23.2 Å². The highest BCUT2D eigenvalue weighted by molar-refractivity contribution is 7.92. The van der Waals surface area contributed by atoms with Crippen LogP contribution in [-0.2, 0) is 26.2 Å². The van der Waals surface area contributed by atoms with Gasteiger partial charge in [-0.2, -0.15) is 0 Å². The van der Waals surface area contributed by atoms with E-state index >= 15 is 0 Å². The third kappa shape index (κ3) is 7.08. The first-order chi connectivity index (χ1) is 16.5. The number of rotatable bonds is 9. The lowest BCUT2D eigenvalue weighted by Crippen LogP contribution is -2.52. The van der Waals surface area contributed by atoms with Crippen molar-refractivity contribution in [3.05, 3.63) is 63.9 Å². The van der Waals surface area contributed by atoms with Crippen LogP contribution in [0.5, 0.6) is 0 Å². The molecule has 190 valence electrons. The quantitative estimate of drug-likeness (QED) is 0.508. The Morgan fingerprint density at radius 2 is 1.80 bits per heavy atom. The summed E-state index contributed by atoms with van der Waals surface area (Å²) >= 11 is 12.2. The van der Waals surface area contributed by atoms with Crippen LogP contribution >= 0.6 is 23.2 Å². The van der Waals surface area contributed by atoms with E-state index in [4.69, 9.17) is 23.2 Å². The molecule has 11 heteroatoms. The topological polar surface area (TPSA) is 86.8 Å². The Hall–Kier alpha value is -2.36. The van der Waals surface area contributed by atoms with E-state index in [0.717, 1.165) is 36.2 Å². The van der Waals surface area contributed by atoms with Gasteiger partial charge in [0.25, 0.3) is 0 Å². The van der Waals surface area contributed by atoms with Crippen LogP contribution in [0.3, 0.4) is 0 Å². The van der Waals surface area contributed by atoms with Crippen molar-refractivity contribution in [3.8, 4) is 0 Å². The normalized spacial score (nSPS) is 15.0. The molecule has 0 saturated heterocycles. The molecule has 1 saturated carbocycles. The summed E-state index contributed by atoms with van der Waals surface area (Å²) in [4.78, 5) is 27.7. The van der Waals surface area contributed by atoms with Crippen molar-refractivity contribution in [1.29, 1.82) is 0 Å². The highest BCUT2D eigenvalue weighted by atomic mass is 35.5. The molecule has 0 unspecified atom stereocenters. The number of hydrogen-bond donors (Lipinski definition) is 1. The van der Waals surface area contributed by atoms with Crippen LogP contribution < -0.4 is 9.62 Å². The SMILES string of the molecule is C[C@@H](C(=O)NC1CCCC1)N(Cc1ccccc1F)C(=O)CN(c1ccc(Cl)cc1Cl)S(C)(=O)=O. The Morgan fingerprint density at radius 1 is 1.14 bits per heavy atom. The molecular formula is C24H28Cl2FN3O4S. The van der Waals surface area contributed by atoms with Gasteiger partial charge in [0.1, 0.15) is 18.4 Å². The number of nitrogens with one attached hydrogen (secondary N) is 1. The lowest BCUT2D eigenvalue weighted by atomic mass is 10.1. The number of benzene rings is 2. The molecule has 1 fully saturated rings. The Labute approximate surface area is 215 Å². The van der Waals surface area contributed by atoms with Crippen LogP contribution in [0.25, 0.3) is 0 Å². The molecule has 2 amide bonds. The lowest BCUT2D eigenvalue weighted by Gasteiger charge is -2.32. The Kier molecular flexibility index (Phi) is 9.01. The molecule has 0 aliphatic heterocycles. The van der Waals surface area contributed by atoms with Gasteiger partial charge in [-0.05, 0) is 44.0 Å². The Balaban J connectivity index is 1.91. The van der Waals surface area contributed by atoms with Crippen molar-refractivity contribution in [1.82, 2.24) is 10.2 Å². The van der Waals surface area contributed by atoms with Crippen molar-refractivity contribution in [3.63, 3.8) is 0 Å². The number of carbonyl (C=O) groups is 2. The van der Waals surface area contributed by atoms with E-state index in [0.29, 0.717) is 5.02 Å². The van der Waals surface area contributed by atoms with E-state index in [1.54, 1.807) is 13.0 Å². The van der Waals surface area contributed by atoms with Crippen LogP contribution in [0.1, 0.15) is 38.2 Å². The molecule has 7 nitrogen and oxygen atoms in total.